The van der Waals surface area contributed by atoms with Crippen LogP contribution in [0.15, 0.2) is 27.7 Å². The molecule has 1 aromatic heterocycles. The van der Waals surface area contributed by atoms with Crippen LogP contribution in [0.2, 0.25) is 0 Å². The molecule has 0 spiro atoms. The van der Waals surface area contributed by atoms with Crippen molar-refractivity contribution in [3.63, 3.8) is 0 Å². The van der Waals surface area contributed by atoms with E-state index in [0.717, 1.165) is 34.1 Å². The Labute approximate surface area is 134 Å². The van der Waals surface area contributed by atoms with Crippen molar-refractivity contribution in [2.24, 2.45) is 4.99 Å². The molecule has 0 bridgehead atoms. The lowest BCUT2D eigenvalue weighted by Crippen LogP contribution is -2.36. The summed E-state index contributed by atoms with van der Waals surface area (Å²) in [5, 5.41) is 10.5. The second-order valence-electron chi connectivity index (χ2n) is 5.27. The van der Waals surface area contributed by atoms with E-state index in [2.05, 4.69) is 20.8 Å². The minimum absolute atomic E-state index is 0.285. The molecule has 1 aliphatic heterocycles. The van der Waals surface area contributed by atoms with Gasteiger partial charge in [0.2, 0.25) is 6.79 Å². The maximum absolute atomic E-state index is 5.38. The number of hydrogen-bond acceptors (Lipinski definition) is 5. The maximum Gasteiger partial charge on any atom is 0.231 e. The van der Waals surface area contributed by atoms with Crippen molar-refractivity contribution in [1.82, 2.24) is 15.8 Å². The van der Waals surface area contributed by atoms with Gasteiger partial charge in [-0.15, -0.1) is 0 Å². The van der Waals surface area contributed by atoms with Gasteiger partial charge in [0, 0.05) is 25.7 Å². The second kappa shape index (κ2) is 6.60. The molecular formula is C16H20N4O3. The zero-order valence-electron chi connectivity index (χ0n) is 13.5. The molecule has 122 valence electrons. The van der Waals surface area contributed by atoms with Crippen molar-refractivity contribution in [3.05, 3.63) is 40.8 Å². The molecule has 0 aliphatic carbocycles. The molecule has 0 unspecified atom stereocenters. The molecule has 23 heavy (non-hydrogen) atoms. The topological polar surface area (TPSA) is 80.9 Å². The summed E-state index contributed by atoms with van der Waals surface area (Å²) in [6, 6.07) is 5.89. The molecule has 0 saturated carbocycles. The van der Waals surface area contributed by atoms with Crippen LogP contribution in [-0.2, 0) is 13.1 Å². The molecule has 0 atom stereocenters. The van der Waals surface area contributed by atoms with Crippen LogP contribution in [-0.4, -0.2) is 25.0 Å². The summed E-state index contributed by atoms with van der Waals surface area (Å²) in [6.45, 7) is 5.36. The Morgan fingerprint density at radius 2 is 1.96 bits per heavy atom. The van der Waals surface area contributed by atoms with Gasteiger partial charge in [-0.3, -0.25) is 4.99 Å². The summed E-state index contributed by atoms with van der Waals surface area (Å²) < 4.78 is 15.8. The Balaban J connectivity index is 1.56. The molecule has 1 aliphatic rings. The Kier molecular flexibility index (Phi) is 4.36. The van der Waals surface area contributed by atoms with Crippen LogP contribution in [0, 0.1) is 13.8 Å². The highest BCUT2D eigenvalue weighted by atomic mass is 16.7. The molecule has 2 N–H and O–H groups in total. The van der Waals surface area contributed by atoms with Crippen LogP contribution in [0.25, 0.3) is 0 Å². The number of nitrogens with zero attached hydrogens (tertiary/aromatic N) is 2. The van der Waals surface area contributed by atoms with E-state index < -0.39 is 0 Å². The third-order valence-corrected chi connectivity index (χ3v) is 3.73. The van der Waals surface area contributed by atoms with Crippen molar-refractivity contribution >= 4 is 5.96 Å². The molecule has 1 aromatic carbocycles. The lowest BCUT2D eigenvalue weighted by atomic mass is 10.2. The van der Waals surface area contributed by atoms with Crippen molar-refractivity contribution < 1.29 is 14.0 Å². The van der Waals surface area contributed by atoms with E-state index in [1.807, 2.05) is 32.0 Å². The highest BCUT2D eigenvalue weighted by Gasteiger charge is 2.13. The van der Waals surface area contributed by atoms with Crippen molar-refractivity contribution in [1.29, 1.82) is 0 Å². The number of fused-ring (bicyclic) bond motifs is 1. The van der Waals surface area contributed by atoms with Crippen LogP contribution < -0.4 is 20.1 Å². The summed E-state index contributed by atoms with van der Waals surface area (Å²) in [7, 11) is 1.74. The highest BCUT2D eigenvalue weighted by Crippen LogP contribution is 2.32. The zero-order chi connectivity index (χ0) is 16.2. The first-order valence-electron chi connectivity index (χ1n) is 7.42. The van der Waals surface area contributed by atoms with E-state index >= 15 is 0 Å². The molecule has 7 heteroatoms. The van der Waals surface area contributed by atoms with Gasteiger partial charge < -0.3 is 24.6 Å². The number of benzene rings is 1. The van der Waals surface area contributed by atoms with Gasteiger partial charge in [0.15, 0.2) is 17.5 Å². The monoisotopic (exact) mass is 316 g/mol. The SMILES string of the molecule is CN=C(NCc1ccc2c(c1)OCO2)NCc1c(C)noc1C. The van der Waals surface area contributed by atoms with Crippen LogP contribution in [0.1, 0.15) is 22.6 Å². The fraction of sp³-hybridized carbons (Fsp3) is 0.375. The Bertz CT molecular complexity index is 705. The average molecular weight is 316 g/mol. The van der Waals surface area contributed by atoms with E-state index in [4.69, 9.17) is 14.0 Å². The molecule has 0 amide bonds. The molecule has 3 rings (SSSR count). The van der Waals surface area contributed by atoms with Crippen LogP contribution in [0.4, 0.5) is 0 Å². The first-order chi connectivity index (χ1) is 11.2. The van der Waals surface area contributed by atoms with E-state index in [1.165, 1.54) is 0 Å². The van der Waals surface area contributed by atoms with Crippen LogP contribution in [0.3, 0.4) is 0 Å². The molecule has 7 nitrogen and oxygen atoms in total. The standard InChI is InChI=1S/C16H20N4O3/c1-10-13(11(2)23-20-10)8-19-16(17-3)18-7-12-4-5-14-15(6-12)22-9-21-14/h4-6H,7-9H2,1-3H3,(H2,17,18,19). The van der Waals surface area contributed by atoms with E-state index in [1.54, 1.807) is 7.05 Å². The number of guanidine groups is 1. The first kappa shape index (κ1) is 15.2. The summed E-state index contributed by atoms with van der Waals surface area (Å²) in [5.41, 5.74) is 3.03. The number of aryl methyl sites for hydroxylation is 2. The van der Waals surface area contributed by atoms with Gasteiger partial charge in [-0.05, 0) is 31.5 Å². The quantitative estimate of drug-likeness (QED) is 0.662. The van der Waals surface area contributed by atoms with E-state index in [0.29, 0.717) is 19.0 Å². The normalized spacial score (nSPS) is 13.3. The predicted octanol–water partition coefficient (Wildman–Crippen LogP) is 1.89. The fourth-order valence-corrected chi connectivity index (χ4v) is 2.38. The largest absolute Gasteiger partial charge is 0.454 e. The average Bonchev–Trinajstić information content (AvgIpc) is 3.15. The molecule has 0 saturated heterocycles. The number of ether oxygens (including phenoxy) is 2. The fourth-order valence-electron chi connectivity index (χ4n) is 2.38. The summed E-state index contributed by atoms with van der Waals surface area (Å²) >= 11 is 0. The summed E-state index contributed by atoms with van der Waals surface area (Å²) in [6.07, 6.45) is 0. The molecule has 2 heterocycles. The molecule has 0 fully saturated rings. The van der Waals surface area contributed by atoms with Gasteiger partial charge in [-0.2, -0.15) is 0 Å². The van der Waals surface area contributed by atoms with Crippen LogP contribution >= 0.6 is 0 Å². The lowest BCUT2D eigenvalue weighted by molar-refractivity contribution is 0.174. The number of hydrogen-bond donors (Lipinski definition) is 2. The molecule has 0 radical (unpaired) electrons. The summed E-state index contributed by atoms with van der Waals surface area (Å²) in [4.78, 5) is 4.22. The molecule has 2 aromatic rings. The zero-order valence-corrected chi connectivity index (χ0v) is 13.5. The van der Waals surface area contributed by atoms with Crippen molar-refractivity contribution in [2.45, 2.75) is 26.9 Å². The Hall–Kier alpha value is -2.70. The van der Waals surface area contributed by atoms with Crippen molar-refractivity contribution in [2.75, 3.05) is 13.8 Å². The first-order valence-corrected chi connectivity index (χ1v) is 7.42. The number of nitrogens with one attached hydrogen (secondary N) is 2. The van der Waals surface area contributed by atoms with Crippen LogP contribution in [0.5, 0.6) is 11.5 Å². The Morgan fingerprint density at radius 1 is 1.17 bits per heavy atom. The second-order valence-corrected chi connectivity index (χ2v) is 5.27. The number of aromatic nitrogens is 1. The van der Waals surface area contributed by atoms with E-state index in [9.17, 15) is 0 Å². The van der Waals surface area contributed by atoms with Gasteiger partial charge in [0.1, 0.15) is 5.76 Å². The smallest absolute Gasteiger partial charge is 0.231 e. The minimum atomic E-state index is 0.285. The summed E-state index contributed by atoms with van der Waals surface area (Å²) in [5.74, 6) is 3.10. The number of aliphatic imine (C=N–C) groups is 1. The Morgan fingerprint density at radius 3 is 2.70 bits per heavy atom. The third kappa shape index (κ3) is 3.39. The van der Waals surface area contributed by atoms with Gasteiger partial charge in [0.05, 0.1) is 5.69 Å². The number of rotatable bonds is 4. The van der Waals surface area contributed by atoms with Gasteiger partial charge >= 0.3 is 0 Å². The lowest BCUT2D eigenvalue weighted by Gasteiger charge is -2.12. The van der Waals surface area contributed by atoms with E-state index in [-0.39, 0.29) is 6.79 Å². The van der Waals surface area contributed by atoms with Crippen molar-refractivity contribution in [3.8, 4) is 11.5 Å². The molecular weight excluding hydrogens is 296 g/mol. The third-order valence-electron chi connectivity index (χ3n) is 3.73. The van der Waals surface area contributed by atoms with Gasteiger partial charge in [0.25, 0.3) is 0 Å². The van der Waals surface area contributed by atoms with Gasteiger partial charge in [-0.25, -0.2) is 0 Å². The highest BCUT2D eigenvalue weighted by molar-refractivity contribution is 5.79. The van der Waals surface area contributed by atoms with Gasteiger partial charge in [-0.1, -0.05) is 11.2 Å². The maximum atomic E-state index is 5.38. The minimum Gasteiger partial charge on any atom is -0.454 e. The predicted molar refractivity (Wildman–Crippen MR) is 85.6 cm³/mol.